The van der Waals surface area contributed by atoms with Crippen LogP contribution in [0.15, 0.2) is 29.1 Å². The van der Waals surface area contributed by atoms with Gasteiger partial charge >= 0.3 is 0 Å². The second-order valence-electron chi connectivity index (χ2n) is 6.49. The van der Waals surface area contributed by atoms with Crippen LogP contribution < -0.4 is 15.6 Å². The van der Waals surface area contributed by atoms with Crippen molar-refractivity contribution in [3.63, 3.8) is 0 Å². The standard InChI is InChI=1S/C18H21N3O4/c1-24-13-4-2-11(3-5-13)14-10-15(22)19-17-16(14)18(23)20-21(17)12-6-8-25-9-7-12/h2-5,12,14H,6-10H2,1H3,(H,19,22)(H,20,23)/t14-/m0/s1. The maximum absolute atomic E-state index is 12.7. The Balaban J connectivity index is 1.76. The molecule has 2 aliphatic rings. The molecule has 2 N–H and O–H groups in total. The Morgan fingerprint density at radius 2 is 1.88 bits per heavy atom. The maximum atomic E-state index is 12.7. The number of fused-ring (bicyclic) bond motifs is 1. The van der Waals surface area contributed by atoms with Crippen LogP contribution in [0.4, 0.5) is 5.82 Å². The normalized spacial score (nSPS) is 20.8. The van der Waals surface area contributed by atoms with Crippen molar-refractivity contribution in [3.8, 4) is 5.75 Å². The lowest BCUT2D eigenvalue weighted by atomic mass is 9.87. The largest absolute Gasteiger partial charge is 0.497 e. The number of benzene rings is 1. The topological polar surface area (TPSA) is 85.4 Å². The predicted molar refractivity (Wildman–Crippen MR) is 92.2 cm³/mol. The Kier molecular flexibility index (Phi) is 4.09. The summed E-state index contributed by atoms with van der Waals surface area (Å²) >= 11 is 0. The monoisotopic (exact) mass is 343 g/mol. The first-order valence-corrected chi connectivity index (χ1v) is 8.53. The van der Waals surface area contributed by atoms with Crippen molar-refractivity contribution < 1.29 is 14.3 Å². The molecule has 0 radical (unpaired) electrons. The van der Waals surface area contributed by atoms with Crippen LogP contribution >= 0.6 is 0 Å². The first-order chi connectivity index (χ1) is 12.2. The number of aromatic nitrogens is 2. The summed E-state index contributed by atoms with van der Waals surface area (Å²) in [6.45, 7) is 1.32. The minimum Gasteiger partial charge on any atom is -0.497 e. The van der Waals surface area contributed by atoms with E-state index in [1.54, 1.807) is 7.11 Å². The summed E-state index contributed by atoms with van der Waals surface area (Å²) in [5.74, 6) is 1.03. The number of amides is 1. The van der Waals surface area contributed by atoms with E-state index >= 15 is 0 Å². The van der Waals surface area contributed by atoms with E-state index in [0.29, 0.717) is 24.6 Å². The third-order valence-electron chi connectivity index (χ3n) is 5.03. The van der Waals surface area contributed by atoms with Gasteiger partial charge in [-0.25, -0.2) is 0 Å². The van der Waals surface area contributed by atoms with Crippen molar-refractivity contribution in [2.75, 3.05) is 25.6 Å². The number of H-pyrrole nitrogens is 1. The van der Waals surface area contributed by atoms with Crippen molar-refractivity contribution in [3.05, 3.63) is 45.7 Å². The second kappa shape index (κ2) is 6.40. The molecular weight excluding hydrogens is 322 g/mol. The third kappa shape index (κ3) is 2.84. The number of aromatic amines is 1. The van der Waals surface area contributed by atoms with Gasteiger partial charge in [0.2, 0.25) is 5.91 Å². The van der Waals surface area contributed by atoms with E-state index in [1.165, 1.54) is 0 Å². The summed E-state index contributed by atoms with van der Waals surface area (Å²) in [7, 11) is 1.61. The highest BCUT2D eigenvalue weighted by molar-refractivity contribution is 5.94. The Labute approximate surface area is 144 Å². The molecule has 3 heterocycles. The number of nitrogens with zero attached hydrogens (tertiary/aromatic N) is 1. The fraction of sp³-hybridized carbons (Fsp3) is 0.444. The summed E-state index contributed by atoms with van der Waals surface area (Å²) < 4.78 is 12.4. The van der Waals surface area contributed by atoms with Gasteiger partial charge in [0.1, 0.15) is 11.6 Å². The van der Waals surface area contributed by atoms with Crippen molar-refractivity contribution >= 4 is 11.7 Å². The molecule has 2 aromatic rings. The average molecular weight is 343 g/mol. The van der Waals surface area contributed by atoms with Crippen LogP contribution in [0.3, 0.4) is 0 Å². The summed E-state index contributed by atoms with van der Waals surface area (Å²) in [5.41, 5.74) is 1.44. The molecule has 0 spiro atoms. The van der Waals surface area contributed by atoms with Crippen LogP contribution in [-0.4, -0.2) is 36.0 Å². The van der Waals surface area contributed by atoms with E-state index in [4.69, 9.17) is 9.47 Å². The lowest BCUT2D eigenvalue weighted by Gasteiger charge is -2.28. The van der Waals surface area contributed by atoms with E-state index in [9.17, 15) is 9.59 Å². The van der Waals surface area contributed by atoms with Crippen molar-refractivity contribution in [2.45, 2.75) is 31.2 Å². The minimum absolute atomic E-state index is 0.0758. The average Bonchev–Trinajstić information content (AvgIpc) is 2.98. The molecule has 1 atom stereocenters. The Morgan fingerprint density at radius 3 is 2.56 bits per heavy atom. The van der Waals surface area contributed by atoms with Crippen molar-refractivity contribution in [1.82, 2.24) is 9.78 Å². The Morgan fingerprint density at radius 1 is 1.16 bits per heavy atom. The van der Waals surface area contributed by atoms with Gasteiger partial charge in [0.05, 0.1) is 18.7 Å². The number of carbonyl (C=O) groups is 1. The molecule has 4 rings (SSSR count). The molecule has 132 valence electrons. The number of carbonyl (C=O) groups excluding carboxylic acids is 1. The molecule has 1 saturated heterocycles. The first-order valence-electron chi connectivity index (χ1n) is 8.53. The SMILES string of the molecule is COc1ccc([C@@H]2CC(=O)Nc3c2c(=O)[nH]n3C2CCOCC2)cc1. The van der Waals surface area contributed by atoms with Gasteiger partial charge in [-0.3, -0.25) is 19.4 Å². The zero-order valence-corrected chi connectivity index (χ0v) is 14.1. The van der Waals surface area contributed by atoms with Crippen LogP contribution in [0, 0.1) is 0 Å². The molecule has 1 aromatic carbocycles. The number of rotatable bonds is 3. The summed E-state index contributed by atoms with van der Waals surface area (Å²) in [6.07, 6.45) is 1.90. The van der Waals surface area contributed by atoms with Crippen LogP contribution in [0.5, 0.6) is 5.75 Å². The highest BCUT2D eigenvalue weighted by Crippen LogP contribution is 2.37. The highest BCUT2D eigenvalue weighted by atomic mass is 16.5. The summed E-state index contributed by atoms with van der Waals surface area (Å²) in [4.78, 5) is 24.9. The lowest BCUT2D eigenvalue weighted by molar-refractivity contribution is -0.116. The van der Waals surface area contributed by atoms with E-state index in [1.807, 2.05) is 28.9 Å². The van der Waals surface area contributed by atoms with Gasteiger partial charge < -0.3 is 14.8 Å². The Bertz CT molecular complexity index is 831. The number of hydrogen-bond donors (Lipinski definition) is 2. The number of nitrogens with one attached hydrogen (secondary N) is 2. The van der Waals surface area contributed by atoms with E-state index in [-0.39, 0.29) is 29.8 Å². The third-order valence-corrected chi connectivity index (χ3v) is 5.03. The minimum atomic E-state index is -0.250. The van der Waals surface area contributed by atoms with Gasteiger partial charge in [0.25, 0.3) is 5.56 Å². The number of ether oxygens (including phenoxy) is 2. The van der Waals surface area contributed by atoms with Crippen molar-refractivity contribution in [2.24, 2.45) is 0 Å². The quantitative estimate of drug-likeness (QED) is 0.893. The molecule has 0 unspecified atom stereocenters. The molecule has 2 aliphatic heterocycles. The number of hydrogen-bond acceptors (Lipinski definition) is 4. The molecule has 1 amide bonds. The zero-order chi connectivity index (χ0) is 17.4. The zero-order valence-electron chi connectivity index (χ0n) is 14.1. The fourth-order valence-electron chi connectivity index (χ4n) is 3.72. The Hall–Kier alpha value is -2.54. The number of methoxy groups -OCH3 is 1. The molecule has 7 heteroatoms. The molecule has 0 aliphatic carbocycles. The van der Waals surface area contributed by atoms with Crippen LogP contribution in [-0.2, 0) is 9.53 Å². The molecule has 7 nitrogen and oxygen atoms in total. The number of anilines is 1. The van der Waals surface area contributed by atoms with Gasteiger partial charge in [0.15, 0.2) is 0 Å². The lowest BCUT2D eigenvalue weighted by Crippen LogP contribution is -2.28. The molecule has 1 aromatic heterocycles. The smallest absolute Gasteiger partial charge is 0.270 e. The van der Waals surface area contributed by atoms with Gasteiger partial charge in [-0.2, -0.15) is 0 Å². The maximum Gasteiger partial charge on any atom is 0.270 e. The van der Waals surface area contributed by atoms with Gasteiger partial charge in [-0.05, 0) is 30.5 Å². The van der Waals surface area contributed by atoms with Gasteiger partial charge in [-0.15, -0.1) is 0 Å². The molecule has 25 heavy (non-hydrogen) atoms. The summed E-state index contributed by atoms with van der Waals surface area (Å²) in [6, 6.07) is 7.67. The fourth-order valence-corrected chi connectivity index (χ4v) is 3.72. The van der Waals surface area contributed by atoms with E-state index < -0.39 is 0 Å². The van der Waals surface area contributed by atoms with Crippen LogP contribution in [0.2, 0.25) is 0 Å². The predicted octanol–water partition coefficient (Wildman–Crippen LogP) is 2.01. The highest BCUT2D eigenvalue weighted by Gasteiger charge is 2.34. The van der Waals surface area contributed by atoms with Crippen LogP contribution in [0.1, 0.15) is 42.3 Å². The molecular formula is C18H21N3O4. The molecule has 1 fully saturated rings. The van der Waals surface area contributed by atoms with Gasteiger partial charge in [-0.1, -0.05) is 12.1 Å². The van der Waals surface area contributed by atoms with Crippen molar-refractivity contribution in [1.29, 1.82) is 0 Å². The van der Waals surface area contributed by atoms with Crippen LogP contribution in [0.25, 0.3) is 0 Å². The second-order valence-corrected chi connectivity index (χ2v) is 6.49. The molecule has 0 bridgehead atoms. The van der Waals surface area contributed by atoms with Gasteiger partial charge in [0, 0.05) is 25.6 Å². The van der Waals surface area contributed by atoms with E-state index in [2.05, 4.69) is 10.4 Å². The molecule has 0 saturated carbocycles. The summed E-state index contributed by atoms with van der Waals surface area (Å²) in [5, 5.41) is 5.83. The first kappa shape index (κ1) is 16.0. The van der Waals surface area contributed by atoms with E-state index in [0.717, 1.165) is 24.2 Å².